The van der Waals surface area contributed by atoms with Gasteiger partial charge in [0, 0.05) is 37.7 Å². The second kappa shape index (κ2) is 8.21. The van der Waals surface area contributed by atoms with Crippen molar-refractivity contribution in [3.63, 3.8) is 0 Å². The molecule has 7 heteroatoms. The largest absolute Gasteiger partial charge is 0.360 e. The molecule has 28 heavy (non-hydrogen) atoms. The van der Waals surface area contributed by atoms with Gasteiger partial charge in [0.05, 0.1) is 0 Å². The number of rotatable bonds is 5. The normalized spacial score (nSPS) is 14.8. The lowest BCUT2D eigenvalue weighted by Crippen LogP contribution is -2.38. The Morgan fingerprint density at radius 2 is 2.00 bits per heavy atom. The van der Waals surface area contributed by atoms with E-state index in [9.17, 15) is 4.79 Å². The summed E-state index contributed by atoms with van der Waals surface area (Å²) in [6, 6.07) is 13.9. The summed E-state index contributed by atoms with van der Waals surface area (Å²) in [7, 11) is 0. The average molecular weight is 377 g/mol. The van der Waals surface area contributed by atoms with E-state index in [4.69, 9.17) is 9.51 Å². The number of carbonyl (C=O) groups excluding carboxylic acids is 1. The summed E-state index contributed by atoms with van der Waals surface area (Å²) in [5.74, 6) is 2.86. The predicted molar refractivity (Wildman–Crippen MR) is 106 cm³/mol. The summed E-state index contributed by atoms with van der Waals surface area (Å²) in [6.45, 7) is 3.38. The molecule has 0 radical (unpaired) electrons. The van der Waals surface area contributed by atoms with Crippen molar-refractivity contribution in [1.82, 2.24) is 15.1 Å². The molecule has 3 aromatic rings. The molecule has 0 spiro atoms. The van der Waals surface area contributed by atoms with Gasteiger partial charge in [-0.05, 0) is 31.4 Å². The van der Waals surface area contributed by atoms with E-state index in [0.29, 0.717) is 18.0 Å². The number of aromatic nitrogens is 3. The number of anilines is 2. The fourth-order valence-corrected chi connectivity index (χ4v) is 3.45. The predicted octanol–water partition coefficient (Wildman–Crippen LogP) is 3.22. The quantitative estimate of drug-likeness (QED) is 0.735. The van der Waals surface area contributed by atoms with Crippen LogP contribution < -0.4 is 10.2 Å². The zero-order chi connectivity index (χ0) is 19.3. The number of hydrogen-bond acceptors (Lipinski definition) is 6. The topological polar surface area (TPSA) is 84.2 Å². The van der Waals surface area contributed by atoms with Crippen molar-refractivity contribution in [1.29, 1.82) is 0 Å². The minimum absolute atomic E-state index is 0.000374. The van der Waals surface area contributed by atoms with E-state index in [1.165, 1.54) is 5.56 Å². The third kappa shape index (κ3) is 4.36. The second-order valence-corrected chi connectivity index (χ2v) is 7.07. The van der Waals surface area contributed by atoms with Gasteiger partial charge in [-0.25, -0.2) is 9.97 Å². The Labute approximate surface area is 163 Å². The van der Waals surface area contributed by atoms with E-state index < -0.39 is 0 Å². The summed E-state index contributed by atoms with van der Waals surface area (Å²) in [4.78, 5) is 23.8. The molecule has 1 amide bonds. The Morgan fingerprint density at radius 1 is 1.21 bits per heavy atom. The zero-order valence-electron chi connectivity index (χ0n) is 15.8. The number of carbonyl (C=O) groups is 1. The number of piperidine rings is 1. The molecule has 1 N–H and O–H groups in total. The molecule has 0 aliphatic carbocycles. The molecule has 0 unspecified atom stereocenters. The molecule has 4 rings (SSSR count). The Kier molecular flexibility index (Phi) is 5.32. The molecule has 0 bridgehead atoms. The van der Waals surface area contributed by atoms with Crippen LogP contribution in [0.25, 0.3) is 0 Å². The van der Waals surface area contributed by atoms with E-state index in [-0.39, 0.29) is 11.8 Å². The van der Waals surface area contributed by atoms with Crippen LogP contribution in [0.5, 0.6) is 0 Å². The van der Waals surface area contributed by atoms with Gasteiger partial charge < -0.3 is 14.7 Å². The maximum atomic E-state index is 12.4. The highest BCUT2D eigenvalue weighted by atomic mass is 16.5. The molecular formula is C21H23N5O2. The van der Waals surface area contributed by atoms with Crippen LogP contribution in [-0.2, 0) is 11.2 Å². The van der Waals surface area contributed by atoms with Crippen molar-refractivity contribution in [2.75, 3.05) is 23.3 Å². The summed E-state index contributed by atoms with van der Waals surface area (Å²) >= 11 is 0. The standard InChI is InChI=1S/C21H23N5O2/c1-15-13-19(25-28-15)24-21(27)17-8-11-26(12-9-17)20-7-10-22-18(23-20)14-16-5-3-2-4-6-16/h2-7,10,13,17H,8-9,11-12,14H2,1H3,(H,24,25,27). The van der Waals surface area contributed by atoms with Gasteiger partial charge in [-0.1, -0.05) is 35.5 Å². The first-order chi connectivity index (χ1) is 13.7. The van der Waals surface area contributed by atoms with Crippen LogP contribution in [0.2, 0.25) is 0 Å². The zero-order valence-corrected chi connectivity index (χ0v) is 15.8. The highest BCUT2D eigenvalue weighted by molar-refractivity contribution is 5.91. The molecule has 7 nitrogen and oxygen atoms in total. The van der Waals surface area contributed by atoms with Crippen molar-refractivity contribution < 1.29 is 9.32 Å². The maximum Gasteiger partial charge on any atom is 0.228 e. The molecule has 2 aromatic heterocycles. The van der Waals surface area contributed by atoms with Gasteiger partial charge in [0.1, 0.15) is 17.4 Å². The van der Waals surface area contributed by atoms with Crippen LogP contribution >= 0.6 is 0 Å². The Morgan fingerprint density at radius 3 is 2.71 bits per heavy atom. The highest BCUT2D eigenvalue weighted by Crippen LogP contribution is 2.23. The van der Waals surface area contributed by atoms with Gasteiger partial charge in [-0.3, -0.25) is 4.79 Å². The van der Waals surface area contributed by atoms with E-state index in [2.05, 4.69) is 32.5 Å². The molecule has 1 saturated heterocycles. The Bertz CT molecular complexity index is 933. The molecule has 3 heterocycles. The third-order valence-corrected chi connectivity index (χ3v) is 4.96. The molecule has 1 fully saturated rings. The molecule has 0 atom stereocenters. The first-order valence-electron chi connectivity index (χ1n) is 9.52. The van der Waals surface area contributed by atoms with Crippen molar-refractivity contribution in [3.05, 3.63) is 65.8 Å². The van der Waals surface area contributed by atoms with E-state index >= 15 is 0 Å². The molecular weight excluding hydrogens is 354 g/mol. The Balaban J connectivity index is 1.34. The number of amides is 1. The SMILES string of the molecule is Cc1cc(NC(=O)C2CCN(c3ccnc(Cc4ccccc4)n3)CC2)no1. The summed E-state index contributed by atoms with van der Waals surface area (Å²) < 4.78 is 4.99. The van der Waals surface area contributed by atoms with Gasteiger partial charge in [0.15, 0.2) is 5.82 Å². The van der Waals surface area contributed by atoms with Crippen molar-refractivity contribution in [2.24, 2.45) is 5.92 Å². The van der Waals surface area contributed by atoms with Gasteiger partial charge in [-0.2, -0.15) is 0 Å². The van der Waals surface area contributed by atoms with Crippen molar-refractivity contribution >= 4 is 17.5 Å². The lowest BCUT2D eigenvalue weighted by atomic mass is 9.96. The first kappa shape index (κ1) is 18.2. The van der Waals surface area contributed by atoms with Gasteiger partial charge in [-0.15, -0.1) is 0 Å². The number of aryl methyl sites for hydroxylation is 1. The second-order valence-electron chi connectivity index (χ2n) is 7.07. The summed E-state index contributed by atoms with van der Waals surface area (Å²) in [5, 5.41) is 6.66. The van der Waals surface area contributed by atoms with Gasteiger partial charge >= 0.3 is 0 Å². The molecule has 1 aliphatic rings. The average Bonchev–Trinajstić information content (AvgIpc) is 3.13. The van der Waals surface area contributed by atoms with E-state index in [1.54, 1.807) is 13.0 Å². The lowest BCUT2D eigenvalue weighted by molar-refractivity contribution is -0.120. The lowest BCUT2D eigenvalue weighted by Gasteiger charge is -2.32. The third-order valence-electron chi connectivity index (χ3n) is 4.96. The molecule has 0 saturated carbocycles. The minimum Gasteiger partial charge on any atom is -0.360 e. The van der Waals surface area contributed by atoms with Crippen LogP contribution in [0.3, 0.4) is 0 Å². The van der Waals surface area contributed by atoms with Crippen LogP contribution in [0, 0.1) is 12.8 Å². The number of hydrogen-bond donors (Lipinski definition) is 1. The van der Waals surface area contributed by atoms with Gasteiger partial charge in [0.2, 0.25) is 5.91 Å². The van der Waals surface area contributed by atoms with Crippen LogP contribution in [0.4, 0.5) is 11.6 Å². The molecule has 1 aromatic carbocycles. The monoisotopic (exact) mass is 377 g/mol. The van der Waals surface area contributed by atoms with Crippen molar-refractivity contribution in [2.45, 2.75) is 26.2 Å². The van der Waals surface area contributed by atoms with Crippen LogP contribution in [0.1, 0.15) is 30.0 Å². The fraction of sp³-hybridized carbons (Fsp3) is 0.333. The van der Waals surface area contributed by atoms with Crippen LogP contribution in [-0.4, -0.2) is 34.1 Å². The minimum atomic E-state index is -0.0288. The highest BCUT2D eigenvalue weighted by Gasteiger charge is 2.26. The first-order valence-corrected chi connectivity index (χ1v) is 9.52. The number of benzene rings is 1. The smallest absolute Gasteiger partial charge is 0.228 e. The maximum absolute atomic E-state index is 12.4. The van der Waals surface area contributed by atoms with E-state index in [0.717, 1.165) is 37.6 Å². The van der Waals surface area contributed by atoms with E-state index in [1.807, 2.05) is 30.5 Å². The summed E-state index contributed by atoms with van der Waals surface area (Å²) in [5.41, 5.74) is 1.19. The summed E-state index contributed by atoms with van der Waals surface area (Å²) in [6.07, 6.45) is 4.08. The van der Waals surface area contributed by atoms with Crippen LogP contribution in [0.15, 0.2) is 53.2 Å². The number of nitrogens with one attached hydrogen (secondary N) is 1. The Hall–Kier alpha value is -3.22. The van der Waals surface area contributed by atoms with Gasteiger partial charge in [0.25, 0.3) is 0 Å². The molecule has 1 aliphatic heterocycles. The molecule has 144 valence electrons. The number of nitrogens with zero attached hydrogens (tertiary/aromatic N) is 4. The van der Waals surface area contributed by atoms with Crippen molar-refractivity contribution in [3.8, 4) is 0 Å². The fourth-order valence-electron chi connectivity index (χ4n) is 3.45.